The molecule has 3 saturated heterocycles. The van der Waals surface area contributed by atoms with Crippen molar-refractivity contribution in [2.45, 2.75) is 101 Å². The molecule has 3 aliphatic carbocycles. The maximum absolute atomic E-state index is 14.2. The fourth-order valence-electron chi connectivity index (χ4n) is 9.07. The topological polar surface area (TPSA) is 115 Å². The average molecular weight is 605 g/mol. The van der Waals surface area contributed by atoms with Crippen molar-refractivity contribution >= 4 is 11.8 Å². The van der Waals surface area contributed by atoms with E-state index in [0.717, 1.165) is 71.3 Å². The van der Waals surface area contributed by atoms with Crippen molar-refractivity contribution in [3.8, 4) is 0 Å². The number of fused-ring (bicyclic) bond motifs is 1. The molecule has 9 atom stereocenters. The summed E-state index contributed by atoms with van der Waals surface area (Å²) < 4.78 is 12.1. The van der Waals surface area contributed by atoms with Crippen molar-refractivity contribution in [2.75, 3.05) is 66.1 Å². The van der Waals surface area contributed by atoms with Gasteiger partial charge in [0.15, 0.2) is 0 Å². The van der Waals surface area contributed by atoms with E-state index in [0.29, 0.717) is 50.5 Å². The molecule has 10 heteroatoms. The first-order valence-corrected chi connectivity index (χ1v) is 17.4. The van der Waals surface area contributed by atoms with Gasteiger partial charge < -0.3 is 39.7 Å². The van der Waals surface area contributed by atoms with Crippen LogP contribution in [0.2, 0.25) is 0 Å². The summed E-state index contributed by atoms with van der Waals surface area (Å²) in [5.74, 6) is 0.829. The van der Waals surface area contributed by atoms with E-state index in [1.807, 2.05) is 4.90 Å². The van der Waals surface area contributed by atoms with Crippen LogP contribution >= 0.6 is 0 Å². The Bertz CT molecular complexity index is 934. The fourth-order valence-corrected chi connectivity index (χ4v) is 9.07. The van der Waals surface area contributed by atoms with Gasteiger partial charge >= 0.3 is 0 Å². The third kappa shape index (κ3) is 7.58. The van der Waals surface area contributed by atoms with Gasteiger partial charge in [-0.3, -0.25) is 9.59 Å². The lowest BCUT2D eigenvalue weighted by atomic mass is 9.67. The molecule has 0 aromatic carbocycles. The molecule has 6 aliphatic rings. The summed E-state index contributed by atoms with van der Waals surface area (Å²) in [5, 5.41) is 25.5. The number of ether oxygens (including phenoxy) is 2. The SMILES string of the molecule is CN1CCN(C(=O)C2CC3CCN(C(=O)C4C(O)CC(O)CC4OCC4CCCCC4)CC3C(N[C@H]3CCOC3)C2)CC1. The van der Waals surface area contributed by atoms with E-state index in [1.54, 1.807) is 0 Å². The Morgan fingerprint density at radius 3 is 2.42 bits per heavy atom. The fraction of sp³-hybridized carbons (Fsp3) is 0.939. The van der Waals surface area contributed by atoms with E-state index < -0.39 is 24.2 Å². The van der Waals surface area contributed by atoms with Crippen LogP contribution in [-0.4, -0.2) is 133 Å². The van der Waals surface area contributed by atoms with Gasteiger partial charge in [0.25, 0.3) is 0 Å². The lowest BCUT2D eigenvalue weighted by molar-refractivity contribution is -0.163. The number of carbonyl (C=O) groups excluding carboxylic acids is 2. The summed E-state index contributed by atoms with van der Waals surface area (Å²) >= 11 is 0. The van der Waals surface area contributed by atoms with Crippen LogP contribution in [-0.2, 0) is 19.1 Å². The molecule has 3 heterocycles. The second-order valence-electron chi connectivity index (χ2n) is 14.7. The predicted molar refractivity (Wildman–Crippen MR) is 162 cm³/mol. The summed E-state index contributed by atoms with van der Waals surface area (Å²) in [7, 11) is 2.12. The molecule has 0 aromatic heterocycles. The van der Waals surface area contributed by atoms with Gasteiger partial charge in [0.1, 0.15) is 0 Å². The lowest BCUT2D eigenvalue weighted by Gasteiger charge is -2.50. The number of hydrogen-bond donors (Lipinski definition) is 3. The van der Waals surface area contributed by atoms with Crippen LogP contribution in [0.3, 0.4) is 0 Å². The molecule has 0 radical (unpaired) electrons. The number of piperidine rings is 1. The van der Waals surface area contributed by atoms with Crippen molar-refractivity contribution in [3.05, 3.63) is 0 Å². The zero-order valence-corrected chi connectivity index (χ0v) is 26.3. The number of nitrogens with one attached hydrogen (secondary N) is 1. The van der Waals surface area contributed by atoms with Crippen molar-refractivity contribution in [3.63, 3.8) is 0 Å². The molecule has 3 N–H and O–H groups in total. The highest BCUT2D eigenvalue weighted by atomic mass is 16.5. The minimum absolute atomic E-state index is 0.0194. The molecule has 2 amide bonds. The third-order valence-electron chi connectivity index (χ3n) is 11.7. The smallest absolute Gasteiger partial charge is 0.230 e. The van der Waals surface area contributed by atoms with Gasteiger partial charge in [-0.2, -0.15) is 0 Å². The highest BCUT2D eigenvalue weighted by Gasteiger charge is 2.49. The Labute approximate surface area is 257 Å². The molecular formula is C33H56N4O6. The molecule has 3 aliphatic heterocycles. The zero-order chi connectivity index (χ0) is 29.9. The number of likely N-dealkylation sites (N-methyl/N-ethyl adjacent to an activating group) is 1. The largest absolute Gasteiger partial charge is 0.393 e. The van der Waals surface area contributed by atoms with Crippen LogP contribution in [0, 0.1) is 29.6 Å². The summed E-state index contributed by atoms with van der Waals surface area (Å²) in [6.07, 6.45) is 8.24. The van der Waals surface area contributed by atoms with E-state index in [4.69, 9.17) is 9.47 Å². The average Bonchev–Trinajstić information content (AvgIpc) is 3.53. The second kappa shape index (κ2) is 14.4. The first-order chi connectivity index (χ1) is 20.9. The standard InChI is InChI=1S/C33H56N4O6/c1-35-10-12-36(13-11-35)32(40)24-15-23-7-9-37(19-27(23)28(16-24)34-25-8-14-42-21-25)33(41)31-29(39)17-26(38)18-30(31)43-20-22-5-3-2-4-6-22/h22-31,34,38-39H,2-21H2,1H3/t23?,24?,25-,26?,27?,28?,29?,30?,31?/m0/s1. The van der Waals surface area contributed by atoms with Crippen LogP contribution < -0.4 is 5.32 Å². The van der Waals surface area contributed by atoms with Gasteiger partial charge in [-0.1, -0.05) is 19.3 Å². The number of amides is 2. The van der Waals surface area contributed by atoms with Crippen LogP contribution in [0.5, 0.6) is 0 Å². The third-order valence-corrected chi connectivity index (χ3v) is 11.7. The Balaban J connectivity index is 1.13. The molecule has 0 bridgehead atoms. The van der Waals surface area contributed by atoms with Gasteiger partial charge in [0, 0.05) is 83.3 Å². The van der Waals surface area contributed by atoms with E-state index in [2.05, 4.69) is 22.2 Å². The molecule has 10 nitrogen and oxygen atoms in total. The predicted octanol–water partition coefficient (Wildman–Crippen LogP) is 1.48. The van der Waals surface area contributed by atoms with Gasteiger partial charge in [-0.15, -0.1) is 0 Å². The minimum Gasteiger partial charge on any atom is -0.393 e. The zero-order valence-electron chi connectivity index (χ0n) is 26.3. The molecule has 8 unspecified atom stereocenters. The highest BCUT2D eigenvalue weighted by molar-refractivity contribution is 5.81. The molecule has 0 spiro atoms. The maximum atomic E-state index is 14.2. The molecule has 6 rings (SSSR count). The Hall–Kier alpha value is -1.30. The minimum atomic E-state index is -0.896. The summed E-state index contributed by atoms with van der Waals surface area (Å²) in [4.78, 5) is 34.2. The molecule has 244 valence electrons. The van der Waals surface area contributed by atoms with Crippen molar-refractivity contribution < 1.29 is 29.3 Å². The highest BCUT2D eigenvalue weighted by Crippen LogP contribution is 2.42. The second-order valence-corrected chi connectivity index (χ2v) is 14.7. The van der Waals surface area contributed by atoms with Crippen LogP contribution in [0.1, 0.15) is 70.6 Å². The van der Waals surface area contributed by atoms with Crippen LogP contribution in [0.25, 0.3) is 0 Å². The molecule has 6 fully saturated rings. The van der Waals surface area contributed by atoms with E-state index >= 15 is 0 Å². The number of piperazine rings is 1. The summed E-state index contributed by atoms with van der Waals surface area (Å²) in [5.41, 5.74) is 0. The Morgan fingerprint density at radius 1 is 0.884 bits per heavy atom. The Kier molecular flexibility index (Phi) is 10.6. The van der Waals surface area contributed by atoms with E-state index in [1.165, 1.54) is 19.3 Å². The maximum Gasteiger partial charge on any atom is 0.230 e. The Morgan fingerprint density at radius 2 is 1.67 bits per heavy atom. The number of carbonyl (C=O) groups is 2. The van der Waals surface area contributed by atoms with E-state index in [-0.39, 0.29) is 36.2 Å². The molecule has 43 heavy (non-hydrogen) atoms. The molecule has 3 saturated carbocycles. The number of aliphatic hydroxyl groups is 2. The summed E-state index contributed by atoms with van der Waals surface area (Å²) in [6.45, 7) is 6.83. The van der Waals surface area contributed by atoms with Crippen molar-refractivity contribution in [1.82, 2.24) is 20.0 Å². The van der Waals surface area contributed by atoms with Crippen LogP contribution in [0.15, 0.2) is 0 Å². The number of likely N-dealkylation sites (tertiary alicyclic amines) is 1. The summed E-state index contributed by atoms with van der Waals surface area (Å²) in [6, 6.07) is 0.437. The monoisotopic (exact) mass is 604 g/mol. The number of aliphatic hydroxyl groups excluding tert-OH is 2. The van der Waals surface area contributed by atoms with Gasteiger partial charge in [-0.25, -0.2) is 0 Å². The molecular weight excluding hydrogens is 548 g/mol. The quantitative estimate of drug-likeness (QED) is 0.401. The number of rotatable bonds is 7. The van der Waals surface area contributed by atoms with Crippen molar-refractivity contribution in [2.24, 2.45) is 29.6 Å². The van der Waals surface area contributed by atoms with Gasteiger partial charge in [0.2, 0.25) is 11.8 Å². The number of nitrogens with zero attached hydrogens (tertiary/aromatic N) is 3. The van der Waals surface area contributed by atoms with Crippen molar-refractivity contribution in [1.29, 1.82) is 0 Å². The van der Waals surface area contributed by atoms with Crippen LogP contribution in [0.4, 0.5) is 0 Å². The molecule has 0 aromatic rings. The number of hydrogen-bond acceptors (Lipinski definition) is 8. The lowest BCUT2D eigenvalue weighted by Crippen LogP contribution is -2.60. The first-order valence-electron chi connectivity index (χ1n) is 17.4. The normalized spacial score (nSPS) is 39.9. The van der Waals surface area contributed by atoms with Gasteiger partial charge in [0.05, 0.1) is 30.8 Å². The van der Waals surface area contributed by atoms with Gasteiger partial charge in [-0.05, 0) is 63.3 Å². The van der Waals surface area contributed by atoms with E-state index in [9.17, 15) is 19.8 Å². The first kappa shape index (κ1) is 31.7.